The van der Waals surface area contributed by atoms with Crippen LogP contribution < -0.4 is 20.7 Å². The standard InChI is InChI=1S/C24H30N4O4S.C18H26N2O3S.C17H26N2O4S.C15H19N3O4S/c1-17(29)19-6-8-21(9-7-19)33(31,32)28-22(15-20-3-2-12-25-20)23(30)26-24(28)10-13-27(14-11-24)16-18-4-5-18;1-15-2-6-17(7-3-15)24(21,22)20-12-13-23-18(20)8-10-19(11-9-18)14-16-4-5-16;1-14(2)18-10-8-17(9-11-18)19(12-13-23-17)24(20,21)16-6-4-15(22-3)5-7-16;1-11(19)12-2-4-13(5-3-12)23(21,22)18-10-14(20)17-15(18)6-8-16-9-7-15/h3,6-9,12,18,22H,2,4-5,10-11,13-16H2,1H3,(H,26,30);2-3,6-7,16H,4-5,8-14H2,1H3;4-7,14H,8-13H2,1-3H3;2-5,16H,6-10H2,1H3,(H,17,20). The lowest BCUT2D eigenvalue weighted by Gasteiger charge is -2.44. The summed E-state index contributed by atoms with van der Waals surface area (Å²) in [5, 5.41) is 9.10. The van der Waals surface area contributed by atoms with Gasteiger partial charge < -0.3 is 44.9 Å². The molecule has 2 amide bonds. The molecule has 0 aromatic heterocycles. The van der Waals surface area contributed by atoms with Crippen LogP contribution in [0.15, 0.2) is 133 Å². The molecule has 2 saturated carbocycles. The van der Waals surface area contributed by atoms with Crippen molar-refractivity contribution >= 4 is 69.7 Å². The molecule has 566 valence electrons. The van der Waals surface area contributed by atoms with Gasteiger partial charge in [0, 0.05) is 133 Å². The van der Waals surface area contributed by atoms with Crippen LogP contribution in [-0.4, -0.2) is 235 Å². The van der Waals surface area contributed by atoms with Crippen molar-refractivity contribution in [1.82, 2.24) is 47.9 Å². The van der Waals surface area contributed by atoms with Crippen LogP contribution in [0.5, 0.6) is 5.75 Å². The number of carbonyl (C=O) groups is 4. The predicted molar refractivity (Wildman–Crippen MR) is 391 cm³/mol. The van der Waals surface area contributed by atoms with E-state index in [9.17, 15) is 52.8 Å². The predicted octanol–water partition coefficient (Wildman–Crippen LogP) is 6.55. The molecule has 9 heterocycles. The molecule has 2 aliphatic carbocycles. The van der Waals surface area contributed by atoms with E-state index in [1.54, 1.807) is 58.3 Å². The number of aryl methyl sites for hydroxylation is 1. The molecular weight excluding hydrogens is 1410 g/mol. The summed E-state index contributed by atoms with van der Waals surface area (Å²) in [7, 11) is -13.3. The monoisotopic (exact) mass is 1510 g/mol. The molecule has 104 heavy (non-hydrogen) atoms. The number of rotatable bonds is 18. The number of ketones is 2. The average Bonchev–Trinajstić information content (AvgIpc) is 1.68. The molecule has 4 spiro atoms. The van der Waals surface area contributed by atoms with Crippen molar-refractivity contribution in [2.24, 2.45) is 16.8 Å². The van der Waals surface area contributed by atoms with Gasteiger partial charge in [-0.25, -0.2) is 33.7 Å². The number of hydrogen-bond acceptors (Lipinski definition) is 20. The SMILES string of the molecule is CC(=O)c1ccc(S(=O)(=O)N2C(CC3=CCC=N3)C(=O)NC23CCN(CC2CC2)CC3)cc1.CC(=O)c1ccc(S(=O)(=O)N2CC(=O)NC23CCNCC3)cc1.COc1ccc(S(=O)(=O)N2CCOC23CCN(C(C)C)CC3)cc1.Cc1ccc(S(=O)(=O)N2CCOC23CCN(CC2CC2)CC3)cc1. The van der Waals surface area contributed by atoms with Gasteiger partial charge in [0.1, 0.15) is 34.6 Å². The fourth-order valence-electron chi connectivity index (χ4n) is 15.9. The Labute approximate surface area is 613 Å². The smallest absolute Gasteiger partial charge is 0.245 e. The number of allylic oxidation sites excluding steroid dienone is 1. The van der Waals surface area contributed by atoms with Crippen molar-refractivity contribution in [3.8, 4) is 5.75 Å². The van der Waals surface area contributed by atoms with Gasteiger partial charge in [-0.1, -0.05) is 48.0 Å². The van der Waals surface area contributed by atoms with Crippen molar-refractivity contribution < 1.29 is 67.1 Å². The molecule has 1 unspecified atom stereocenters. The van der Waals surface area contributed by atoms with E-state index >= 15 is 0 Å². The van der Waals surface area contributed by atoms with Gasteiger partial charge in [0.05, 0.1) is 46.5 Å². The van der Waals surface area contributed by atoms with Crippen LogP contribution >= 0.6 is 0 Å². The van der Waals surface area contributed by atoms with Crippen LogP contribution in [0, 0.1) is 18.8 Å². The third-order valence-corrected chi connectivity index (χ3v) is 30.1. The van der Waals surface area contributed by atoms with E-state index in [0.717, 1.165) is 81.8 Å². The number of Topliss-reactive ketones (excluding diaryl/α,β-unsaturated/α-hetero) is 2. The summed E-state index contributed by atoms with van der Waals surface area (Å²) in [5.74, 6) is 1.48. The van der Waals surface area contributed by atoms with Gasteiger partial charge in [-0.2, -0.15) is 17.2 Å². The molecule has 4 aromatic carbocycles. The summed E-state index contributed by atoms with van der Waals surface area (Å²) in [6.07, 6.45) is 15.0. The van der Waals surface area contributed by atoms with Crippen LogP contribution in [0.3, 0.4) is 0 Å². The zero-order valence-corrected chi connectivity index (χ0v) is 63.8. The Balaban J connectivity index is 0.000000132. The molecule has 3 N–H and O–H groups in total. The second-order valence-corrected chi connectivity index (χ2v) is 37.0. The van der Waals surface area contributed by atoms with Crippen LogP contribution in [-0.2, 0) is 59.2 Å². The molecule has 0 radical (unpaired) electrons. The number of sulfonamides is 4. The summed E-state index contributed by atoms with van der Waals surface area (Å²) in [6.45, 7) is 19.4. The molecule has 26 nitrogen and oxygen atoms in total. The molecule has 9 aliphatic heterocycles. The van der Waals surface area contributed by atoms with Gasteiger partial charge in [0.15, 0.2) is 11.6 Å². The lowest BCUT2D eigenvalue weighted by Crippen LogP contribution is -2.60. The number of ether oxygens (including phenoxy) is 3. The van der Waals surface area contributed by atoms with Crippen molar-refractivity contribution in [3.05, 3.63) is 126 Å². The first-order valence-electron chi connectivity index (χ1n) is 36.6. The largest absolute Gasteiger partial charge is 0.497 e. The van der Waals surface area contributed by atoms with E-state index < -0.39 is 68.9 Å². The van der Waals surface area contributed by atoms with Gasteiger partial charge in [-0.3, -0.25) is 24.2 Å². The highest BCUT2D eigenvalue weighted by Gasteiger charge is 2.59. The number of carbonyl (C=O) groups excluding carboxylic acids is 4. The number of aliphatic imine (C=N–C) groups is 1. The zero-order valence-electron chi connectivity index (χ0n) is 60.5. The summed E-state index contributed by atoms with van der Waals surface area (Å²) in [5.41, 5.74) is -0.400. The molecule has 30 heteroatoms. The maximum Gasteiger partial charge on any atom is 0.245 e. The number of amides is 2. The first kappa shape index (κ1) is 77.4. The topological polar surface area (TPSA) is 304 Å². The molecular formula is C74H101N11O15S4. The second kappa shape index (κ2) is 31.5. The molecule has 1 atom stereocenters. The fraction of sp³-hybridized carbons (Fsp3) is 0.581. The molecule has 10 fully saturated rings. The highest BCUT2D eigenvalue weighted by Crippen LogP contribution is 2.44. The highest BCUT2D eigenvalue weighted by atomic mass is 32.2. The minimum Gasteiger partial charge on any atom is -0.497 e. The van der Waals surface area contributed by atoms with E-state index in [2.05, 4.69) is 49.5 Å². The number of likely N-dealkylation sites (tertiary alicyclic amines) is 3. The third kappa shape index (κ3) is 16.7. The minimum absolute atomic E-state index is 0.0944. The number of nitrogens with zero attached hydrogens (tertiary/aromatic N) is 8. The number of piperidine rings is 4. The molecule has 0 bridgehead atoms. The second-order valence-electron chi connectivity index (χ2n) is 29.6. The van der Waals surface area contributed by atoms with Crippen molar-refractivity contribution in [3.63, 3.8) is 0 Å². The third-order valence-electron chi connectivity index (χ3n) is 22.3. The van der Waals surface area contributed by atoms with Gasteiger partial charge >= 0.3 is 0 Å². The highest BCUT2D eigenvalue weighted by molar-refractivity contribution is 7.90. The van der Waals surface area contributed by atoms with E-state index in [4.69, 9.17) is 14.2 Å². The van der Waals surface area contributed by atoms with Crippen LogP contribution in [0.2, 0.25) is 0 Å². The first-order chi connectivity index (χ1) is 49.5. The summed E-state index contributed by atoms with van der Waals surface area (Å²) in [4.78, 5) is 60.4. The molecule has 8 saturated heterocycles. The van der Waals surface area contributed by atoms with E-state index in [-0.39, 0.29) is 46.1 Å². The molecule has 15 rings (SSSR count). The maximum absolute atomic E-state index is 14.0. The Morgan fingerprint density at radius 2 is 1.00 bits per heavy atom. The summed E-state index contributed by atoms with van der Waals surface area (Å²) < 4.78 is 129. The zero-order chi connectivity index (χ0) is 74.0. The van der Waals surface area contributed by atoms with Crippen molar-refractivity contribution in [1.29, 1.82) is 0 Å². The molecule has 11 aliphatic rings. The number of nitrogens with one attached hydrogen (secondary N) is 3. The van der Waals surface area contributed by atoms with Crippen LogP contribution in [0.1, 0.15) is 144 Å². The quantitative estimate of drug-likeness (QED) is 0.0889. The van der Waals surface area contributed by atoms with Gasteiger partial charge in [-0.15, -0.1) is 0 Å². The summed E-state index contributed by atoms with van der Waals surface area (Å²) >= 11 is 0. The average molecular weight is 1510 g/mol. The minimum atomic E-state index is -4.00. The van der Waals surface area contributed by atoms with Gasteiger partial charge in [-0.05, 0) is 172 Å². The fourth-order valence-corrected chi connectivity index (χ4v) is 22.9. The molecule has 4 aromatic rings. The van der Waals surface area contributed by atoms with E-state index in [1.165, 1.54) is 103 Å². The lowest BCUT2D eigenvalue weighted by molar-refractivity contribution is -0.121. The Hall–Kier alpha value is -6.23. The van der Waals surface area contributed by atoms with Crippen LogP contribution in [0.4, 0.5) is 0 Å². The normalized spacial score (nSPS) is 23.8. The lowest BCUT2D eigenvalue weighted by atomic mass is 9.97. The van der Waals surface area contributed by atoms with E-state index in [1.807, 2.05) is 25.1 Å². The Bertz CT molecular complexity index is 4300. The Morgan fingerprint density at radius 3 is 1.44 bits per heavy atom. The van der Waals surface area contributed by atoms with Crippen molar-refractivity contribution in [2.75, 3.05) is 105 Å². The van der Waals surface area contributed by atoms with Gasteiger partial charge in [0.2, 0.25) is 51.9 Å². The summed E-state index contributed by atoms with van der Waals surface area (Å²) in [6, 6.07) is 25.1. The van der Waals surface area contributed by atoms with Crippen LogP contribution in [0.25, 0.3) is 0 Å². The Morgan fingerprint density at radius 1 is 0.558 bits per heavy atom. The Kier molecular flexibility index (Phi) is 23.5. The van der Waals surface area contributed by atoms with Gasteiger partial charge in [0.25, 0.3) is 0 Å². The first-order valence-corrected chi connectivity index (χ1v) is 42.4. The van der Waals surface area contributed by atoms with E-state index in [0.29, 0.717) is 117 Å². The maximum atomic E-state index is 14.0. The number of methoxy groups -OCH3 is 1. The van der Waals surface area contributed by atoms with Crippen molar-refractivity contribution in [2.45, 2.75) is 179 Å². The number of hydrogen-bond donors (Lipinski definition) is 3. The number of benzene rings is 4.